The maximum Gasteiger partial charge on any atom is 0.226 e. The highest BCUT2D eigenvalue weighted by Gasteiger charge is 2.30. The molecular weight excluding hydrogens is 408 g/mol. The van der Waals surface area contributed by atoms with Crippen molar-refractivity contribution in [2.45, 2.75) is 44.9 Å². The minimum Gasteiger partial charge on any atom is -0.342 e. The van der Waals surface area contributed by atoms with Gasteiger partial charge in [0, 0.05) is 54.6 Å². The molecule has 1 amide bonds. The van der Waals surface area contributed by atoms with Crippen molar-refractivity contribution in [3.05, 3.63) is 78.4 Å². The zero-order valence-electron chi connectivity index (χ0n) is 19.2. The molecule has 3 heterocycles. The summed E-state index contributed by atoms with van der Waals surface area (Å²) in [6, 6.07) is 12.4. The molecule has 0 radical (unpaired) electrons. The molecule has 1 aliphatic heterocycles. The van der Waals surface area contributed by atoms with E-state index >= 15 is 0 Å². The first-order chi connectivity index (χ1) is 16.2. The van der Waals surface area contributed by atoms with Gasteiger partial charge in [0.15, 0.2) is 5.82 Å². The van der Waals surface area contributed by atoms with Crippen LogP contribution in [-0.2, 0) is 4.79 Å². The van der Waals surface area contributed by atoms with Gasteiger partial charge in [-0.3, -0.25) is 9.78 Å². The van der Waals surface area contributed by atoms with Crippen LogP contribution in [0.15, 0.2) is 67.1 Å². The normalized spacial score (nSPS) is 18.9. The summed E-state index contributed by atoms with van der Waals surface area (Å²) < 4.78 is 0. The molecule has 0 saturated carbocycles. The van der Waals surface area contributed by atoms with E-state index in [-0.39, 0.29) is 5.92 Å². The first-order valence-electron chi connectivity index (χ1n) is 12.0. The van der Waals surface area contributed by atoms with Gasteiger partial charge in [-0.25, -0.2) is 9.97 Å². The Kier molecular flexibility index (Phi) is 6.29. The number of likely N-dealkylation sites (tertiary alicyclic amines) is 1. The van der Waals surface area contributed by atoms with Crippen LogP contribution < -0.4 is 0 Å². The number of piperidine rings is 1. The Balaban J connectivity index is 1.42. The van der Waals surface area contributed by atoms with Crippen molar-refractivity contribution >= 4 is 5.91 Å². The molecule has 3 aromatic rings. The lowest BCUT2D eigenvalue weighted by molar-refractivity contribution is -0.136. The first-order valence-corrected chi connectivity index (χ1v) is 12.0. The first kappa shape index (κ1) is 21.5. The van der Waals surface area contributed by atoms with Gasteiger partial charge in [-0.2, -0.15) is 0 Å². The molecule has 33 heavy (non-hydrogen) atoms. The second-order valence-electron chi connectivity index (χ2n) is 9.18. The Bertz CT molecular complexity index is 1150. The summed E-state index contributed by atoms with van der Waals surface area (Å²) in [5.74, 6) is 1.53. The van der Waals surface area contributed by atoms with E-state index in [0.29, 0.717) is 11.8 Å². The van der Waals surface area contributed by atoms with Gasteiger partial charge in [-0.15, -0.1) is 0 Å². The van der Waals surface area contributed by atoms with Gasteiger partial charge < -0.3 is 4.90 Å². The van der Waals surface area contributed by atoms with E-state index in [9.17, 15) is 4.79 Å². The zero-order chi connectivity index (χ0) is 22.6. The van der Waals surface area contributed by atoms with Gasteiger partial charge in [-0.05, 0) is 56.7 Å². The highest BCUT2D eigenvalue weighted by atomic mass is 16.2. The summed E-state index contributed by atoms with van der Waals surface area (Å²) >= 11 is 0. The summed E-state index contributed by atoms with van der Waals surface area (Å²) in [6.07, 6.45) is 14.6. The molecule has 168 valence electrons. The second-order valence-corrected chi connectivity index (χ2v) is 9.18. The minimum atomic E-state index is 0.159. The van der Waals surface area contributed by atoms with E-state index in [1.807, 2.05) is 18.3 Å². The highest BCUT2D eigenvalue weighted by molar-refractivity contribution is 5.79. The van der Waals surface area contributed by atoms with E-state index in [2.05, 4.69) is 53.2 Å². The number of pyridine rings is 1. The number of aromatic nitrogens is 3. The maximum absolute atomic E-state index is 13.0. The van der Waals surface area contributed by atoms with Crippen molar-refractivity contribution in [3.8, 4) is 22.5 Å². The number of amides is 1. The van der Waals surface area contributed by atoms with E-state index in [0.717, 1.165) is 73.4 Å². The SMILES string of the molecule is Cc1cccc(-c2cnc(-c3ccncc3)nc2C2CCN(C(=O)C3CC=CCC3)CC2)c1. The average Bonchev–Trinajstić information content (AvgIpc) is 2.89. The van der Waals surface area contributed by atoms with Gasteiger partial charge in [-0.1, -0.05) is 42.0 Å². The monoisotopic (exact) mass is 438 g/mol. The summed E-state index contributed by atoms with van der Waals surface area (Å²) in [7, 11) is 0. The van der Waals surface area contributed by atoms with Gasteiger partial charge in [0.05, 0.1) is 5.69 Å². The van der Waals surface area contributed by atoms with Crippen LogP contribution in [0.1, 0.15) is 49.3 Å². The molecule has 2 aromatic heterocycles. The number of allylic oxidation sites excluding steroid dienone is 2. The Morgan fingerprint density at radius 3 is 2.55 bits per heavy atom. The Labute approximate surface area is 195 Å². The van der Waals surface area contributed by atoms with Crippen molar-refractivity contribution in [3.63, 3.8) is 0 Å². The van der Waals surface area contributed by atoms with Gasteiger partial charge >= 0.3 is 0 Å². The minimum absolute atomic E-state index is 0.159. The lowest BCUT2D eigenvalue weighted by atomic mass is 9.87. The molecule has 1 atom stereocenters. The number of carbonyl (C=O) groups is 1. The van der Waals surface area contributed by atoms with Crippen molar-refractivity contribution < 1.29 is 4.79 Å². The van der Waals surface area contributed by atoms with Crippen LogP contribution in [0.25, 0.3) is 22.5 Å². The lowest BCUT2D eigenvalue weighted by Gasteiger charge is -2.35. The fourth-order valence-corrected chi connectivity index (χ4v) is 5.03. The van der Waals surface area contributed by atoms with Crippen LogP contribution in [0.2, 0.25) is 0 Å². The highest BCUT2D eigenvalue weighted by Crippen LogP contribution is 2.36. The molecule has 1 fully saturated rings. The molecular formula is C28H30N4O. The van der Waals surface area contributed by atoms with Crippen LogP contribution in [0.4, 0.5) is 0 Å². The largest absolute Gasteiger partial charge is 0.342 e. The number of nitrogens with zero attached hydrogens (tertiary/aromatic N) is 4. The molecule has 5 nitrogen and oxygen atoms in total. The van der Waals surface area contributed by atoms with Crippen molar-refractivity contribution in [1.82, 2.24) is 19.9 Å². The fraction of sp³-hybridized carbons (Fsp3) is 0.357. The van der Waals surface area contributed by atoms with Gasteiger partial charge in [0.25, 0.3) is 0 Å². The smallest absolute Gasteiger partial charge is 0.226 e. The molecule has 0 spiro atoms. The standard InChI is InChI=1S/C28H30N4O/c1-20-6-5-9-24(18-20)25-19-30-27(22-10-14-29-15-11-22)31-26(25)21-12-16-32(17-13-21)28(33)23-7-3-2-4-8-23/h2-3,5-6,9-11,14-15,18-19,21,23H,4,7-8,12-13,16-17H2,1H3. The molecule has 5 rings (SSSR count). The molecule has 2 aliphatic rings. The molecule has 1 aromatic carbocycles. The number of hydrogen-bond donors (Lipinski definition) is 0. The second kappa shape index (κ2) is 9.65. The van der Waals surface area contributed by atoms with Crippen molar-refractivity contribution in [2.75, 3.05) is 13.1 Å². The Morgan fingerprint density at radius 1 is 1.00 bits per heavy atom. The molecule has 1 aliphatic carbocycles. The quantitative estimate of drug-likeness (QED) is 0.499. The molecule has 1 saturated heterocycles. The summed E-state index contributed by atoms with van der Waals surface area (Å²) in [5, 5.41) is 0. The van der Waals surface area contributed by atoms with Gasteiger partial charge in [0.2, 0.25) is 5.91 Å². The number of benzene rings is 1. The fourth-order valence-electron chi connectivity index (χ4n) is 5.03. The van der Waals surface area contributed by atoms with E-state index in [1.54, 1.807) is 12.4 Å². The maximum atomic E-state index is 13.0. The Hall–Kier alpha value is -3.34. The third-order valence-corrected chi connectivity index (χ3v) is 6.90. The van der Waals surface area contributed by atoms with Crippen LogP contribution in [-0.4, -0.2) is 38.8 Å². The van der Waals surface area contributed by atoms with Crippen molar-refractivity contribution in [1.29, 1.82) is 0 Å². The van der Waals surface area contributed by atoms with Gasteiger partial charge in [0.1, 0.15) is 0 Å². The number of hydrogen-bond acceptors (Lipinski definition) is 4. The number of aryl methyl sites for hydroxylation is 1. The van der Waals surface area contributed by atoms with E-state index in [1.165, 1.54) is 5.56 Å². The number of rotatable bonds is 4. The van der Waals surface area contributed by atoms with Crippen molar-refractivity contribution in [2.24, 2.45) is 5.92 Å². The topological polar surface area (TPSA) is 59.0 Å². The Morgan fingerprint density at radius 2 is 1.82 bits per heavy atom. The number of carbonyl (C=O) groups excluding carboxylic acids is 1. The third-order valence-electron chi connectivity index (χ3n) is 6.90. The predicted octanol–water partition coefficient (Wildman–Crippen LogP) is 5.58. The zero-order valence-corrected chi connectivity index (χ0v) is 19.2. The van der Waals surface area contributed by atoms with Crippen LogP contribution in [0.5, 0.6) is 0 Å². The third kappa shape index (κ3) is 4.72. The van der Waals surface area contributed by atoms with Crippen LogP contribution in [0.3, 0.4) is 0 Å². The molecule has 0 N–H and O–H groups in total. The molecule has 0 bridgehead atoms. The predicted molar refractivity (Wildman–Crippen MR) is 130 cm³/mol. The molecule has 1 unspecified atom stereocenters. The summed E-state index contributed by atoms with van der Waals surface area (Å²) in [4.78, 5) is 29.0. The average molecular weight is 439 g/mol. The van der Waals surface area contributed by atoms with E-state index < -0.39 is 0 Å². The van der Waals surface area contributed by atoms with E-state index in [4.69, 9.17) is 9.97 Å². The van der Waals surface area contributed by atoms with Crippen LogP contribution in [0, 0.1) is 12.8 Å². The summed E-state index contributed by atoms with van der Waals surface area (Å²) in [5.41, 5.74) is 5.53. The van der Waals surface area contributed by atoms with Crippen LogP contribution >= 0.6 is 0 Å². The summed E-state index contributed by atoms with van der Waals surface area (Å²) in [6.45, 7) is 3.71. The molecule has 5 heteroatoms. The lowest BCUT2D eigenvalue weighted by Crippen LogP contribution is -2.41.